The third kappa shape index (κ3) is 3.37. The quantitative estimate of drug-likeness (QED) is 0.811. The molecule has 3 rings (SSSR count). The lowest BCUT2D eigenvalue weighted by atomic mass is 10.1. The first-order valence-corrected chi connectivity index (χ1v) is 9.94. The van der Waals surface area contributed by atoms with Crippen LogP contribution < -0.4 is 9.62 Å². The van der Waals surface area contributed by atoms with Gasteiger partial charge in [0.25, 0.3) is 10.0 Å². The maximum atomic E-state index is 13.1. The van der Waals surface area contributed by atoms with Gasteiger partial charge in [-0.1, -0.05) is 17.7 Å². The Morgan fingerprint density at radius 2 is 1.96 bits per heavy atom. The minimum Gasteiger partial charge on any atom is -0.478 e. The second-order valence-corrected chi connectivity index (χ2v) is 8.46. The summed E-state index contributed by atoms with van der Waals surface area (Å²) in [4.78, 5) is 13.1. The number of carboxylic acids is 1. The first-order valence-electron chi connectivity index (χ1n) is 8.08. The molecule has 0 atom stereocenters. The number of aryl methyl sites for hydroxylation is 1. The first kappa shape index (κ1) is 18.5. The number of hydrogen-bond acceptors (Lipinski definition) is 4. The number of rotatable bonds is 5. The Morgan fingerprint density at radius 1 is 1.23 bits per heavy atom. The third-order valence-electron chi connectivity index (χ3n) is 4.39. The van der Waals surface area contributed by atoms with Crippen LogP contribution >= 0.6 is 11.6 Å². The van der Waals surface area contributed by atoms with Crippen molar-refractivity contribution in [3.05, 3.63) is 52.0 Å². The van der Waals surface area contributed by atoms with Gasteiger partial charge in [-0.05, 0) is 54.7 Å². The zero-order chi connectivity index (χ0) is 19.1. The maximum absolute atomic E-state index is 13.1. The molecule has 6 nitrogen and oxygen atoms in total. The van der Waals surface area contributed by atoms with Crippen molar-refractivity contribution in [3.63, 3.8) is 0 Å². The lowest BCUT2D eigenvalue weighted by Gasteiger charge is -2.20. The fraction of sp³-hybridized carbons (Fsp3) is 0.278. The summed E-state index contributed by atoms with van der Waals surface area (Å²) >= 11 is 6.21. The second kappa shape index (κ2) is 6.81. The summed E-state index contributed by atoms with van der Waals surface area (Å²) in [5, 5.41) is 9.73. The Bertz CT molecular complexity index is 987. The van der Waals surface area contributed by atoms with Crippen molar-refractivity contribution in [3.8, 4) is 0 Å². The van der Waals surface area contributed by atoms with Gasteiger partial charge in [0, 0.05) is 14.1 Å². The predicted molar refractivity (Wildman–Crippen MR) is 102 cm³/mol. The molecule has 0 saturated heterocycles. The number of carboxylic acid groups (broad SMARTS) is 1. The van der Waals surface area contributed by atoms with E-state index in [4.69, 9.17) is 11.6 Å². The highest BCUT2D eigenvalue weighted by molar-refractivity contribution is 7.92. The Hall–Kier alpha value is -2.25. The molecule has 26 heavy (non-hydrogen) atoms. The van der Waals surface area contributed by atoms with Crippen molar-refractivity contribution in [2.24, 2.45) is 0 Å². The summed E-state index contributed by atoms with van der Waals surface area (Å²) in [7, 11) is -0.435. The number of fused-ring (bicyclic) bond motifs is 1. The highest BCUT2D eigenvalue weighted by Crippen LogP contribution is 2.36. The van der Waals surface area contributed by atoms with Crippen molar-refractivity contribution in [1.29, 1.82) is 0 Å². The van der Waals surface area contributed by atoms with E-state index < -0.39 is 16.0 Å². The second-order valence-electron chi connectivity index (χ2n) is 6.41. The summed E-state index contributed by atoms with van der Waals surface area (Å²) in [5.41, 5.74) is 2.34. The van der Waals surface area contributed by atoms with Crippen LogP contribution in [0.25, 0.3) is 0 Å². The van der Waals surface area contributed by atoms with Gasteiger partial charge in [-0.3, -0.25) is 4.72 Å². The van der Waals surface area contributed by atoms with Crippen molar-refractivity contribution in [2.75, 3.05) is 23.7 Å². The van der Waals surface area contributed by atoms with E-state index in [-0.39, 0.29) is 10.5 Å². The summed E-state index contributed by atoms with van der Waals surface area (Å²) in [5.74, 6) is -1.15. The van der Waals surface area contributed by atoms with Gasteiger partial charge in [0.2, 0.25) is 0 Å². The largest absolute Gasteiger partial charge is 0.478 e. The molecule has 0 radical (unpaired) electrons. The van der Waals surface area contributed by atoms with Crippen molar-refractivity contribution in [2.45, 2.75) is 24.2 Å². The molecule has 2 aromatic rings. The summed E-state index contributed by atoms with van der Waals surface area (Å²) in [6.45, 7) is 0. The van der Waals surface area contributed by atoms with Gasteiger partial charge in [0.05, 0.1) is 26.9 Å². The molecule has 0 unspecified atom stereocenters. The first-order chi connectivity index (χ1) is 12.2. The smallest absolute Gasteiger partial charge is 0.335 e. The van der Waals surface area contributed by atoms with Crippen LogP contribution in [0.5, 0.6) is 0 Å². The van der Waals surface area contributed by atoms with Crippen molar-refractivity contribution < 1.29 is 18.3 Å². The van der Waals surface area contributed by atoms with E-state index >= 15 is 0 Å². The highest BCUT2D eigenvalue weighted by atomic mass is 35.5. The zero-order valence-electron chi connectivity index (χ0n) is 14.4. The molecule has 8 heteroatoms. The minimum absolute atomic E-state index is 0.0228. The predicted octanol–water partition coefficient (Wildman–Crippen LogP) is 3.39. The number of nitrogens with zero attached hydrogens (tertiary/aromatic N) is 1. The Balaban J connectivity index is 2.11. The van der Waals surface area contributed by atoms with Crippen LogP contribution in [0.15, 0.2) is 35.2 Å². The van der Waals surface area contributed by atoms with E-state index in [0.717, 1.165) is 12.0 Å². The van der Waals surface area contributed by atoms with Crippen LogP contribution in [0.2, 0.25) is 5.02 Å². The van der Waals surface area contributed by atoms with Crippen LogP contribution in [0, 0.1) is 0 Å². The number of carbonyl (C=O) groups is 1. The van der Waals surface area contributed by atoms with Crippen molar-refractivity contribution >= 4 is 39.0 Å². The number of aromatic carboxylic acids is 1. The summed E-state index contributed by atoms with van der Waals surface area (Å²) in [6, 6.07) is 7.76. The van der Waals surface area contributed by atoms with Gasteiger partial charge in [-0.25, -0.2) is 13.2 Å². The van der Waals surface area contributed by atoms with E-state index in [2.05, 4.69) is 4.72 Å². The Morgan fingerprint density at radius 3 is 2.62 bits per heavy atom. The van der Waals surface area contributed by atoms with Crippen molar-refractivity contribution in [1.82, 2.24) is 0 Å². The van der Waals surface area contributed by atoms with Gasteiger partial charge in [0.1, 0.15) is 0 Å². The summed E-state index contributed by atoms with van der Waals surface area (Å²) in [6.07, 6.45) is 2.10. The monoisotopic (exact) mass is 394 g/mol. The average Bonchev–Trinajstić information content (AvgIpc) is 3.01. The van der Waals surface area contributed by atoms with Crippen LogP contribution in [0.1, 0.15) is 27.9 Å². The number of benzene rings is 2. The standard InChI is InChI=1S/C18H19ClN2O4S/c1-21(2)17-14(19)7-4-8-15(17)20-26(24,25)16-10-12(18(22)23)9-11-5-3-6-13(11)16/h4,7-10,20H,3,5-6H2,1-2H3,(H,22,23). The van der Waals surface area contributed by atoms with Gasteiger partial charge >= 0.3 is 5.97 Å². The van der Waals surface area contributed by atoms with Crippen LogP contribution in [-0.2, 0) is 22.9 Å². The molecule has 1 aliphatic rings. The van der Waals surface area contributed by atoms with Gasteiger partial charge in [0.15, 0.2) is 0 Å². The molecule has 138 valence electrons. The zero-order valence-corrected chi connectivity index (χ0v) is 16.0. The van der Waals surface area contributed by atoms with Crippen LogP contribution in [0.4, 0.5) is 11.4 Å². The molecule has 0 amide bonds. The number of hydrogen-bond donors (Lipinski definition) is 2. The third-order valence-corrected chi connectivity index (χ3v) is 6.13. The van der Waals surface area contributed by atoms with E-state index in [1.807, 2.05) is 0 Å². The SMILES string of the molecule is CN(C)c1c(Cl)cccc1NS(=O)(=O)c1cc(C(=O)O)cc2c1CCC2. The van der Waals surface area contributed by atoms with E-state index in [0.29, 0.717) is 34.8 Å². The van der Waals surface area contributed by atoms with Crippen LogP contribution in [0.3, 0.4) is 0 Å². The molecule has 0 saturated carbocycles. The fourth-order valence-corrected chi connectivity index (χ4v) is 5.03. The molecule has 0 aliphatic heterocycles. The number of para-hydroxylation sites is 1. The Labute approximate surface area is 157 Å². The number of halogens is 1. The topological polar surface area (TPSA) is 86.7 Å². The van der Waals surface area contributed by atoms with Gasteiger partial charge in [-0.2, -0.15) is 0 Å². The fourth-order valence-electron chi connectivity index (χ4n) is 3.28. The molecule has 2 N–H and O–H groups in total. The molecule has 0 bridgehead atoms. The van der Waals surface area contributed by atoms with E-state index in [1.165, 1.54) is 6.07 Å². The average molecular weight is 395 g/mol. The van der Waals surface area contributed by atoms with E-state index in [1.54, 1.807) is 43.3 Å². The highest BCUT2D eigenvalue weighted by Gasteiger charge is 2.27. The maximum Gasteiger partial charge on any atom is 0.335 e. The number of nitrogens with one attached hydrogen (secondary N) is 1. The molecular weight excluding hydrogens is 376 g/mol. The molecular formula is C18H19ClN2O4S. The molecule has 0 spiro atoms. The van der Waals surface area contributed by atoms with Gasteiger partial charge < -0.3 is 10.0 Å². The lowest BCUT2D eigenvalue weighted by molar-refractivity contribution is 0.0696. The normalized spacial score (nSPS) is 13.3. The van der Waals surface area contributed by atoms with E-state index in [9.17, 15) is 18.3 Å². The number of sulfonamides is 1. The molecule has 2 aromatic carbocycles. The Kier molecular flexibility index (Phi) is 4.86. The van der Waals surface area contributed by atoms with Crippen LogP contribution in [-0.4, -0.2) is 33.6 Å². The number of anilines is 2. The molecule has 1 aliphatic carbocycles. The molecule has 0 fully saturated rings. The molecule has 0 aromatic heterocycles. The lowest BCUT2D eigenvalue weighted by Crippen LogP contribution is -2.19. The van der Waals surface area contributed by atoms with Gasteiger partial charge in [-0.15, -0.1) is 0 Å². The molecule has 0 heterocycles. The minimum atomic E-state index is -3.97. The summed E-state index contributed by atoms with van der Waals surface area (Å²) < 4.78 is 28.7.